The fraction of sp³-hybridized carbons (Fsp3) is 0.647. The van der Waals surface area contributed by atoms with Crippen LogP contribution in [0.3, 0.4) is 0 Å². The van der Waals surface area contributed by atoms with Crippen LogP contribution in [-0.2, 0) is 0 Å². The Balaban J connectivity index is 1.87. The number of rotatable bonds is 3. The molecule has 2 nitrogen and oxygen atoms in total. The first kappa shape index (κ1) is 15.3. The number of benzene rings is 1. The Morgan fingerprint density at radius 1 is 1.24 bits per heavy atom. The number of piperidine rings is 1. The lowest BCUT2D eigenvalue weighted by Crippen LogP contribution is -2.50. The van der Waals surface area contributed by atoms with Gasteiger partial charge >= 0.3 is 0 Å². The van der Waals surface area contributed by atoms with Gasteiger partial charge in [-0.05, 0) is 55.8 Å². The van der Waals surface area contributed by atoms with Crippen LogP contribution in [-0.4, -0.2) is 24.0 Å². The molecular formula is C17H24ClFN2. The summed E-state index contributed by atoms with van der Waals surface area (Å²) in [5, 5.41) is 0.503. The van der Waals surface area contributed by atoms with Crippen LogP contribution in [0.5, 0.6) is 0 Å². The molecule has 1 aromatic rings. The molecular weight excluding hydrogens is 287 g/mol. The van der Waals surface area contributed by atoms with E-state index in [1.165, 1.54) is 50.7 Å². The first-order valence-electron chi connectivity index (χ1n) is 8.11. The van der Waals surface area contributed by atoms with Crippen LogP contribution in [0.2, 0.25) is 5.02 Å². The largest absolute Gasteiger partial charge is 0.329 e. The molecule has 4 heteroatoms. The van der Waals surface area contributed by atoms with Crippen LogP contribution in [0, 0.1) is 11.7 Å². The van der Waals surface area contributed by atoms with E-state index in [1.54, 1.807) is 0 Å². The van der Waals surface area contributed by atoms with Crippen molar-refractivity contribution in [1.29, 1.82) is 0 Å². The number of fused-ring (bicyclic) bond motifs is 1. The highest BCUT2D eigenvalue weighted by molar-refractivity contribution is 6.31. The van der Waals surface area contributed by atoms with Gasteiger partial charge in [0.05, 0.1) is 0 Å². The van der Waals surface area contributed by atoms with Crippen molar-refractivity contribution in [2.45, 2.75) is 50.6 Å². The highest BCUT2D eigenvalue weighted by atomic mass is 35.5. The number of nitrogens with zero attached hydrogens (tertiary/aromatic N) is 1. The second-order valence-corrected chi connectivity index (χ2v) is 6.82. The van der Waals surface area contributed by atoms with E-state index < -0.39 is 0 Å². The van der Waals surface area contributed by atoms with Crippen molar-refractivity contribution in [3.8, 4) is 0 Å². The summed E-state index contributed by atoms with van der Waals surface area (Å²) in [7, 11) is 0. The van der Waals surface area contributed by atoms with Crippen molar-refractivity contribution < 1.29 is 4.39 Å². The van der Waals surface area contributed by atoms with E-state index in [0.29, 0.717) is 17.6 Å². The van der Waals surface area contributed by atoms with E-state index in [4.69, 9.17) is 17.3 Å². The minimum Gasteiger partial charge on any atom is -0.329 e. The Kier molecular flexibility index (Phi) is 4.82. The second kappa shape index (κ2) is 6.64. The molecule has 1 aromatic carbocycles. The highest BCUT2D eigenvalue weighted by Gasteiger charge is 2.37. The fourth-order valence-corrected chi connectivity index (χ4v) is 4.56. The summed E-state index contributed by atoms with van der Waals surface area (Å²) in [6.45, 7) is 1.62. The van der Waals surface area contributed by atoms with Crippen LogP contribution in [0.15, 0.2) is 18.2 Å². The van der Waals surface area contributed by atoms with E-state index in [9.17, 15) is 4.39 Å². The van der Waals surface area contributed by atoms with Crippen molar-refractivity contribution in [1.82, 2.24) is 4.90 Å². The molecule has 2 N–H and O–H groups in total. The zero-order chi connectivity index (χ0) is 14.8. The highest BCUT2D eigenvalue weighted by Crippen LogP contribution is 2.40. The standard InChI is InChI=1S/C17H24ClFN2/c18-15-10-13(19)7-8-14(15)17(11-20)21-9-3-5-12-4-1-2-6-16(12)21/h7-8,10,12,16-17H,1-6,9,11,20H2/t12-,16-,17?/m1/s1. The molecule has 0 amide bonds. The van der Waals surface area contributed by atoms with Crippen LogP contribution in [0.4, 0.5) is 4.39 Å². The zero-order valence-electron chi connectivity index (χ0n) is 12.4. The first-order valence-corrected chi connectivity index (χ1v) is 8.49. The number of nitrogens with two attached hydrogens (primary N) is 1. The molecule has 0 aromatic heterocycles. The monoisotopic (exact) mass is 310 g/mol. The maximum absolute atomic E-state index is 13.3. The summed E-state index contributed by atoms with van der Waals surface area (Å²) < 4.78 is 13.3. The fourth-order valence-electron chi connectivity index (χ4n) is 4.26. The third kappa shape index (κ3) is 3.10. The van der Waals surface area contributed by atoms with Gasteiger partial charge in [0.15, 0.2) is 0 Å². The summed E-state index contributed by atoms with van der Waals surface area (Å²) >= 11 is 6.28. The molecule has 3 rings (SSSR count). The molecule has 2 fully saturated rings. The van der Waals surface area contributed by atoms with Gasteiger partial charge in [-0.1, -0.05) is 30.5 Å². The normalized spacial score (nSPS) is 28.1. The molecule has 116 valence electrons. The third-order valence-corrected chi connectivity index (χ3v) is 5.56. The van der Waals surface area contributed by atoms with Gasteiger partial charge in [0.25, 0.3) is 0 Å². The van der Waals surface area contributed by atoms with Gasteiger partial charge in [0.1, 0.15) is 5.82 Å². The number of likely N-dealkylation sites (tertiary alicyclic amines) is 1. The maximum Gasteiger partial charge on any atom is 0.124 e. The summed E-state index contributed by atoms with van der Waals surface area (Å²) in [4.78, 5) is 2.55. The number of hydrogen-bond acceptors (Lipinski definition) is 2. The Morgan fingerprint density at radius 3 is 2.76 bits per heavy atom. The van der Waals surface area contributed by atoms with E-state index in [-0.39, 0.29) is 11.9 Å². The Labute approximate surface area is 131 Å². The minimum atomic E-state index is -0.284. The zero-order valence-corrected chi connectivity index (χ0v) is 13.2. The van der Waals surface area contributed by atoms with Crippen molar-refractivity contribution >= 4 is 11.6 Å². The molecule has 0 bridgehead atoms. The van der Waals surface area contributed by atoms with Gasteiger partial charge in [0, 0.05) is 23.7 Å². The topological polar surface area (TPSA) is 29.3 Å². The lowest BCUT2D eigenvalue weighted by Gasteiger charge is -2.47. The summed E-state index contributed by atoms with van der Waals surface area (Å²) in [5.41, 5.74) is 7.05. The molecule has 1 unspecified atom stereocenters. The van der Waals surface area contributed by atoms with Gasteiger partial charge in [-0.2, -0.15) is 0 Å². The van der Waals surface area contributed by atoms with E-state index in [2.05, 4.69) is 4.90 Å². The molecule has 2 aliphatic rings. The summed E-state index contributed by atoms with van der Waals surface area (Å²) in [5.74, 6) is 0.523. The molecule has 1 saturated carbocycles. The molecule has 0 radical (unpaired) electrons. The summed E-state index contributed by atoms with van der Waals surface area (Å²) in [6.07, 6.45) is 7.85. The SMILES string of the molecule is NCC(c1ccc(F)cc1Cl)N1CCC[C@H]2CCCC[C@H]21. The van der Waals surface area contributed by atoms with E-state index in [0.717, 1.165) is 18.0 Å². The molecule has 0 spiro atoms. The van der Waals surface area contributed by atoms with E-state index in [1.807, 2.05) is 6.07 Å². The molecule has 1 aliphatic heterocycles. The Morgan fingerprint density at radius 2 is 2.00 bits per heavy atom. The lowest BCUT2D eigenvalue weighted by atomic mass is 9.77. The summed E-state index contributed by atoms with van der Waals surface area (Å²) in [6, 6.07) is 5.45. The van der Waals surface area contributed by atoms with Crippen LogP contribution in [0.25, 0.3) is 0 Å². The van der Waals surface area contributed by atoms with Gasteiger partial charge in [0.2, 0.25) is 0 Å². The second-order valence-electron chi connectivity index (χ2n) is 6.41. The Hall–Kier alpha value is -0.640. The maximum atomic E-state index is 13.3. The molecule has 1 heterocycles. The van der Waals surface area contributed by atoms with Crippen molar-refractivity contribution in [3.05, 3.63) is 34.6 Å². The molecule has 1 aliphatic carbocycles. The van der Waals surface area contributed by atoms with Crippen LogP contribution in [0.1, 0.15) is 50.1 Å². The quantitative estimate of drug-likeness (QED) is 0.909. The van der Waals surface area contributed by atoms with Gasteiger partial charge in [-0.25, -0.2) is 4.39 Å². The van der Waals surface area contributed by atoms with E-state index >= 15 is 0 Å². The molecule has 21 heavy (non-hydrogen) atoms. The average molecular weight is 311 g/mol. The smallest absolute Gasteiger partial charge is 0.124 e. The van der Waals surface area contributed by atoms with Crippen molar-refractivity contribution in [3.63, 3.8) is 0 Å². The van der Waals surface area contributed by atoms with Gasteiger partial charge in [-0.3, -0.25) is 4.90 Å². The Bertz CT molecular complexity index is 492. The molecule has 1 saturated heterocycles. The number of halogens is 2. The van der Waals surface area contributed by atoms with Gasteiger partial charge in [-0.15, -0.1) is 0 Å². The van der Waals surface area contributed by atoms with Crippen molar-refractivity contribution in [2.24, 2.45) is 11.7 Å². The average Bonchev–Trinajstić information content (AvgIpc) is 2.50. The van der Waals surface area contributed by atoms with Crippen LogP contribution < -0.4 is 5.73 Å². The predicted molar refractivity (Wildman–Crippen MR) is 84.9 cm³/mol. The predicted octanol–water partition coefficient (Wildman–Crippen LogP) is 4.13. The third-order valence-electron chi connectivity index (χ3n) is 5.23. The minimum absolute atomic E-state index is 0.115. The lowest BCUT2D eigenvalue weighted by molar-refractivity contribution is 0.0276. The molecule has 3 atom stereocenters. The first-order chi connectivity index (χ1) is 10.2. The van der Waals surface area contributed by atoms with Gasteiger partial charge < -0.3 is 5.73 Å². The van der Waals surface area contributed by atoms with Crippen LogP contribution >= 0.6 is 11.6 Å². The van der Waals surface area contributed by atoms with Crippen molar-refractivity contribution in [2.75, 3.05) is 13.1 Å². The number of hydrogen-bond donors (Lipinski definition) is 1.